The number of unbranched alkanes of at least 4 members (excludes halogenated alkanes) is 1. The second-order valence-corrected chi connectivity index (χ2v) is 13.2. The quantitative estimate of drug-likeness (QED) is 0.0167. The molecule has 22 nitrogen and oxygen atoms in total. The number of aliphatic carboxylic acids is 1. The number of nitrogens with two attached hydrogens (primary N) is 1. The van der Waals surface area contributed by atoms with Gasteiger partial charge in [-0.05, 0) is 57.2 Å². The summed E-state index contributed by atoms with van der Waals surface area (Å²) in [5.74, 6) is -6.27. The Hall–Kier alpha value is -5.30. The summed E-state index contributed by atoms with van der Waals surface area (Å²) in [7, 11) is 0. The number of nitrogens with one attached hydrogen (secondary N) is 6. The van der Waals surface area contributed by atoms with E-state index in [1.807, 2.05) is 10.6 Å². The van der Waals surface area contributed by atoms with Gasteiger partial charge in [-0.1, -0.05) is 12.1 Å². The van der Waals surface area contributed by atoms with Gasteiger partial charge in [0, 0.05) is 18.5 Å². The molecule has 0 aliphatic carbocycles. The number of thiazole rings is 1. The molecule has 2 aromatic rings. The van der Waals surface area contributed by atoms with Crippen molar-refractivity contribution in [2.75, 3.05) is 32.8 Å². The molecule has 0 saturated carbocycles. The third-order valence-electron chi connectivity index (χ3n) is 8.13. The molecular formula is C33H49N9O13S. The van der Waals surface area contributed by atoms with Crippen LogP contribution in [0.25, 0.3) is 10.6 Å². The number of hydroxylamine groups is 4. The number of aliphatic hydroxyl groups excluding tert-OH is 2. The van der Waals surface area contributed by atoms with Crippen molar-refractivity contribution < 1.29 is 64.3 Å². The van der Waals surface area contributed by atoms with Crippen LogP contribution in [0.15, 0.2) is 29.6 Å². The third kappa shape index (κ3) is 15.8. The van der Waals surface area contributed by atoms with E-state index in [1.165, 1.54) is 17.4 Å². The molecule has 13 N–H and O–H groups in total. The standard InChI is InChI=1S/C33H49N9O13S/c34-11-3-4-12-35-28(48)23(9-6-14-42(55)19-45)38-30(50)24(16-43)39-31(51)26(27(47)33(52)53)40-29(49)22(36-18-44)8-5-13-41(54)15-20-17-56-32(37-20)21-7-1-2-10-25(21)46/h1-2,7,10,17-19,22-24,26-27,41,43,46-47,55H,3-6,8-9,11-16,34H2,(H,35,48)(H,36,44)(H,38,50)(H,39,51)(H,40,49)(H,52,53). The van der Waals surface area contributed by atoms with E-state index in [0.717, 1.165) is 0 Å². The fourth-order valence-electron chi connectivity index (χ4n) is 5.13. The van der Waals surface area contributed by atoms with Gasteiger partial charge in [0.1, 0.15) is 47.2 Å². The minimum Gasteiger partial charge on any atom is -0.634 e. The van der Waals surface area contributed by atoms with Gasteiger partial charge < -0.3 is 63.0 Å². The maximum absolute atomic E-state index is 13.2. The lowest BCUT2D eigenvalue weighted by Gasteiger charge is -2.27. The van der Waals surface area contributed by atoms with Crippen LogP contribution in [-0.4, -0.2) is 141 Å². The number of benzene rings is 1. The number of amides is 6. The van der Waals surface area contributed by atoms with Gasteiger partial charge in [-0.25, -0.2) is 14.8 Å². The highest BCUT2D eigenvalue weighted by Crippen LogP contribution is 2.30. The molecule has 310 valence electrons. The number of carboxylic acid groups (broad SMARTS) is 1. The van der Waals surface area contributed by atoms with Gasteiger partial charge in [-0.15, -0.1) is 11.3 Å². The van der Waals surface area contributed by atoms with Gasteiger partial charge in [0.05, 0.1) is 18.7 Å². The number of phenols is 1. The smallest absolute Gasteiger partial charge is 0.335 e. The molecule has 56 heavy (non-hydrogen) atoms. The fourth-order valence-corrected chi connectivity index (χ4v) is 5.98. The van der Waals surface area contributed by atoms with Gasteiger partial charge in [0.2, 0.25) is 36.4 Å². The van der Waals surface area contributed by atoms with Gasteiger partial charge >= 0.3 is 5.97 Å². The van der Waals surface area contributed by atoms with E-state index in [-0.39, 0.29) is 75.5 Å². The maximum Gasteiger partial charge on any atom is 0.335 e. The van der Waals surface area contributed by atoms with Crippen LogP contribution >= 0.6 is 11.3 Å². The van der Waals surface area contributed by atoms with Crippen molar-refractivity contribution in [1.29, 1.82) is 0 Å². The normalized spacial score (nSPS) is 14.2. The van der Waals surface area contributed by atoms with Crippen LogP contribution in [0.1, 0.15) is 44.2 Å². The Kier molecular flexibility index (Phi) is 20.9. The van der Waals surface area contributed by atoms with Crippen molar-refractivity contribution in [3.63, 3.8) is 0 Å². The summed E-state index contributed by atoms with van der Waals surface area (Å²) in [5, 5.41) is 75.3. The average molecular weight is 812 g/mol. The SMILES string of the molecule is NCCCCNC(=O)C(CCCN(O)C=O)NC(=O)C(CO)NC(=O)C(NC(=O)C(CCC[NH+]([O-])Cc1csc(-c2ccccc2O)n1)NC=O)C(O)C(=O)O. The van der Waals surface area contributed by atoms with Crippen molar-refractivity contribution in [1.82, 2.24) is 36.6 Å². The van der Waals surface area contributed by atoms with Crippen LogP contribution in [0, 0.1) is 5.21 Å². The maximum atomic E-state index is 13.2. The Labute approximate surface area is 325 Å². The molecule has 0 radical (unpaired) electrons. The minimum atomic E-state index is -2.58. The van der Waals surface area contributed by atoms with Crippen molar-refractivity contribution in [2.24, 2.45) is 5.73 Å². The number of aliphatic hydroxyl groups is 2. The van der Waals surface area contributed by atoms with E-state index >= 15 is 0 Å². The minimum absolute atomic E-state index is 0.0293. The van der Waals surface area contributed by atoms with Crippen LogP contribution in [0.3, 0.4) is 0 Å². The van der Waals surface area contributed by atoms with Gasteiger partial charge in [0.25, 0.3) is 0 Å². The lowest BCUT2D eigenvalue weighted by atomic mass is 10.1. The first-order valence-corrected chi connectivity index (χ1v) is 18.4. The molecule has 0 spiro atoms. The molecule has 0 bridgehead atoms. The predicted octanol–water partition coefficient (Wildman–Crippen LogP) is -4.33. The number of aromatic nitrogens is 1. The molecule has 2 rings (SSSR count). The Morgan fingerprint density at radius 2 is 1.62 bits per heavy atom. The molecule has 1 aromatic carbocycles. The molecule has 0 aliphatic heterocycles. The summed E-state index contributed by atoms with van der Waals surface area (Å²) in [6.45, 7) is -0.832. The molecule has 23 heteroatoms. The summed E-state index contributed by atoms with van der Waals surface area (Å²) in [6, 6.07) is -0.211. The first-order valence-electron chi connectivity index (χ1n) is 17.5. The summed E-state index contributed by atoms with van der Waals surface area (Å²) in [6.07, 6.45) is -1.35. The molecule has 0 fully saturated rings. The molecule has 6 amide bonds. The van der Waals surface area contributed by atoms with Gasteiger partial charge in [0.15, 0.2) is 6.10 Å². The number of carboxylic acids is 1. The number of nitrogens with zero attached hydrogens (tertiary/aromatic N) is 2. The molecule has 0 saturated heterocycles. The molecule has 1 aromatic heterocycles. The van der Waals surface area contributed by atoms with Crippen LogP contribution in [0.2, 0.25) is 0 Å². The largest absolute Gasteiger partial charge is 0.634 e. The Morgan fingerprint density at radius 1 is 0.946 bits per heavy atom. The molecule has 1 heterocycles. The van der Waals surface area contributed by atoms with Gasteiger partial charge in [-0.3, -0.25) is 34.0 Å². The monoisotopic (exact) mass is 811 g/mol. The lowest BCUT2D eigenvalue weighted by molar-refractivity contribution is -0.863. The summed E-state index contributed by atoms with van der Waals surface area (Å²) < 4.78 is 0. The van der Waals surface area contributed by atoms with Crippen LogP contribution in [-0.2, 0) is 40.1 Å². The highest BCUT2D eigenvalue weighted by molar-refractivity contribution is 7.13. The van der Waals surface area contributed by atoms with Crippen LogP contribution in [0.5, 0.6) is 5.75 Å². The summed E-state index contributed by atoms with van der Waals surface area (Å²) >= 11 is 1.23. The highest BCUT2D eigenvalue weighted by atomic mass is 32.1. The van der Waals surface area contributed by atoms with Crippen molar-refractivity contribution >= 4 is 53.8 Å². The second-order valence-electron chi connectivity index (χ2n) is 12.4. The van der Waals surface area contributed by atoms with E-state index in [9.17, 15) is 64.4 Å². The Balaban J connectivity index is 2.07. The number of rotatable bonds is 28. The van der Waals surface area contributed by atoms with E-state index < -0.39 is 66.5 Å². The second kappa shape index (κ2) is 25.0. The number of carbonyl (C=O) groups excluding carboxylic acids is 6. The highest BCUT2D eigenvalue weighted by Gasteiger charge is 2.37. The van der Waals surface area contributed by atoms with Crippen molar-refractivity contribution in [3.8, 4) is 16.3 Å². The lowest BCUT2D eigenvalue weighted by Crippen LogP contribution is -3.05. The van der Waals surface area contributed by atoms with E-state index in [4.69, 9.17) is 5.73 Å². The first kappa shape index (κ1) is 46.9. The third-order valence-corrected chi connectivity index (χ3v) is 9.05. The van der Waals surface area contributed by atoms with E-state index in [0.29, 0.717) is 40.7 Å². The van der Waals surface area contributed by atoms with Crippen LogP contribution in [0.4, 0.5) is 0 Å². The summed E-state index contributed by atoms with van der Waals surface area (Å²) in [5.41, 5.74) is 6.41. The summed E-state index contributed by atoms with van der Waals surface area (Å²) in [4.78, 5) is 90.4. The number of phenolic OH excluding ortho intramolecular Hbond substituents is 1. The zero-order chi connectivity index (χ0) is 41.6. The zero-order valence-corrected chi connectivity index (χ0v) is 31.1. The van der Waals surface area contributed by atoms with Crippen molar-refractivity contribution in [3.05, 3.63) is 40.5 Å². The fraction of sp³-hybridized carbons (Fsp3) is 0.515. The Bertz CT molecular complexity index is 1600. The van der Waals surface area contributed by atoms with Crippen molar-refractivity contribution in [2.45, 2.75) is 75.3 Å². The number of hydrogen-bond donors (Lipinski definition) is 12. The molecule has 6 unspecified atom stereocenters. The number of hydrogen-bond acceptors (Lipinski definition) is 15. The van der Waals surface area contributed by atoms with E-state index in [2.05, 4.69) is 20.9 Å². The molecular weight excluding hydrogens is 762 g/mol. The number of para-hydroxylation sites is 1. The number of quaternary nitrogens is 1. The molecule has 6 atom stereocenters. The number of aromatic hydroxyl groups is 1. The van der Waals surface area contributed by atoms with Crippen LogP contribution < -0.4 is 37.4 Å². The predicted molar refractivity (Wildman–Crippen MR) is 196 cm³/mol. The molecule has 0 aliphatic rings. The average Bonchev–Trinajstić information content (AvgIpc) is 3.63. The van der Waals surface area contributed by atoms with E-state index in [1.54, 1.807) is 23.6 Å². The first-order chi connectivity index (χ1) is 26.8. The Morgan fingerprint density at radius 3 is 2.27 bits per heavy atom. The van der Waals surface area contributed by atoms with Gasteiger partial charge in [-0.2, -0.15) is 0 Å². The zero-order valence-electron chi connectivity index (χ0n) is 30.3. The topological polar surface area (TPSA) is 350 Å². The number of carbonyl (C=O) groups is 7.